The van der Waals surface area contributed by atoms with Crippen LogP contribution in [0.15, 0.2) is 22.6 Å². The highest BCUT2D eigenvalue weighted by atomic mass is 16.5. The van der Waals surface area contributed by atoms with Gasteiger partial charge in [0.1, 0.15) is 11.3 Å². The zero-order valence-electron chi connectivity index (χ0n) is 13.5. The van der Waals surface area contributed by atoms with E-state index in [4.69, 9.17) is 9.15 Å². The largest absolute Gasteiger partial charge is 0.497 e. The second-order valence-corrected chi connectivity index (χ2v) is 5.92. The number of amides is 2. The highest BCUT2D eigenvalue weighted by molar-refractivity contribution is 6.00. The topological polar surface area (TPSA) is 71.8 Å². The van der Waals surface area contributed by atoms with Gasteiger partial charge in [0.25, 0.3) is 5.91 Å². The van der Waals surface area contributed by atoms with Crippen molar-refractivity contribution in [2.24, 2.45) is 0 Å². The summed E-state index contributed by atoms with van der Waals surface area (Å²) < 4.78 is 10.9. The molecule has 0 aliphatic heterocycles. The molecule has 1 aliphatic carbocycles. The van der Waals surface area contributed by atoms with Crippen LogP contribution in [0.2, 0.25) is 0 Å². The van der Waals surface area contributed by atoms with Crippen molar-refractivity contribution < 1.29 is 18.7 Å². The van der Waals surface area contributed by atoms with Gasteiger partial charge in [-0.3, -0.25) is 9.59 Å². The van der Waals surface area contributed by atoms with E-state index in [1.165, 1.54) is 4.90 Å². The van der Waals surface area contributed by atoms with Gasteiger partial charge in [-0.05, 0) is 38.0 Å². The van der Waals surface area contributed by atoms with Crippen molar-refractivity contribution in [2.75, 3.05) is 20.7 Å². The summed E-state index contributed by atoms with van der Waals surface area (Å²) in [4.78, 5) is 25.8. The maximum Gasteiger partial charge on any atom is 0.290 e. The summed E-state index contributed by atoms with van der Waals surface area (Å²) in [5, 5.41) is 3.70. The van der Waals surface area contributed by atoms with E-state index >= 15 is 0 Å². The highest BCUT2D eigenvalue weighted by Gasteiger charge is 2.26. The molecule has 2 amide bonds. The molecule has 6 heteroatoms. The molecule has 0 unspecified atom stereocenters. The third-order valence-electron chi connectivity index (χ3n) is 4.01. The maximum atomic E-state index is 12.5. The van der Waals surface area contributed by atoms with Crippen molar-refractivity contribution in [3.63, 3.8) is 0 Å². The lowest BCUT2D eigenvalue weighted by Gasteiger charge is -2.15. The fourth-order valence-electron chi connectivity index (χ4n) is 2.49. The van der Waals surface area contributed by atoms with E-state index in [-0.39, 0.29) is 30.2 Å². The third kappa shape index (κ3) is 3.16. The van der Waals surface area contributed by atoms with Gasteiger partial charge < -0.3 is 19.4 Å². The Hall–Kier alpha value is -2.50. The first-order chi connectivity index (χ1) is 11.0. The van der Waals surface area contributed by atoms with Crippen molar-refractivity contribution in [2.45, 2.75) is 25.8 Å². The van der Waals surface area contributed by atoms with Gasteiger partial charge in [-0.2, -0.15) is 0 Å². The molecule has 1 aromatic carbocycles. The predicted octanol–water partition coefficient (Wildman–Crippen LogP) is 2.10. The fraction of sp³-hybridized carbons (Fsp3) is 0.412. The lowest BCUT2D eigenvalue weighted by atomic mass is 10.1. The minimum absolute atomic E-state index is 0.0230. The number of methoxy groups -OCH3 is 1. The van der Waals surface area contributed by atoms with Crippen LogP contribution in [-0.2, 0) is 4.79 Å². The Kier molecular flexibility index (Phi) is 3.98. The number of nitrogens with one attached hydrogen (secondary N) is 1. The normalized spacial score (nSPS) is 13.9. The molecule has 2 aromatic rings. The van der Waals surface area contributed by atoms with Crippen molar-refractivity contribution in [1.29, 1.82) is 0 Å². The van der Waals surface area contributed by atoms with Crippen molar-refractivity contribution in [1.82, 2.24) is 10.2 Å². The number of fused-ring (bicyclic) bond motifs is 1. The molecular formula is C17H20N2O4. The van der Waals surface area contributed by atoms with Crippen molar-refractivity contribution in [3.8, 4) is 5.75 Å². The molecule has 1 N–H and O–H groups in total. The zero-order chi connectivity index (χ0) is 16.6. The number of carbonyl (C=O) groups excluding carboxylic acids is 2. The number of aryl methyl sites for hydroxylation is 1. The molecule has 0 spiro atoms. The number of benzene rings is 1. The second-order valence-electron chi connectivity index (χ2n) is 5.92. The van der Waals surface area contributed by atoms with Gasteiger partial charge in [0.2, 0.25) is 5.91 Å². The molecule has 0 saturated heterocycles. The molecule has 3 rings (SSSR count). The number of rotatable bonds is 5. The molecule has 1 heterocycles. The second kappa shape index (κ2) is 5.95. The first kappa shape index (κ1) is 15.4. The lowest BCUT2D eigenvalue weighted by Crippen LogP contribution is -2.39. The SMILES string of the molecule is COc1ccc2oc(C(=O)N(C)CC(=O)NC3CC3)c(C)c2c1. The van der Waals surface area contributed by atoms with Gasteiger partial charge in [0.15, 0.2) is 5.76 Å². The monoisotopic (exact) mass is 316 g/mol. The number of ether oxygens (including phenoxy) is 1. The van der Waals surface area contributed by atoms with E-state index in [0.29, 0.717) is 11.3 Å². The molecule has 23 heavy (non-hydrogen) atoms. The first-order valence-electron chi connectivity index (χ1n) is 7.61. The van der Waals surface area contributed by atoms with Gasteiger partial charge in [-0.25, -0.2) is 0 Å². The molecule has 1 aromatic heterocycles. The van der Waals surface area contributed by atoms with Crippen LogP contribution in [0.1, 0.15) is 29.0 Å². The number of furan rings is 1. The molecule has 1 fully saturated rings. The molecule has 1 saturated carbocycles. The highest BCUT2D eigenvalue weighted by Crippen LogP contribution is 2.29. The Bertz CT molecular complexity index is 761. The van der Waals surface area contributed by atoms with Crippen LogP contribution in [0.25, 0.3) is 11.0 Å². The van der Waals surface area contributed by atoms with E-state index < -0.39 is 0 Å². The van der Waals surface area contributed by atoms with Crippen LogP contribution in [0.3, 0.4) is 0 Å². The summed E-state index contributed by atoms with van der Waals surface area (Å²) >= 11 is 0. The Morgan fingerprint density at radius 2 is 2.13 bits per heavy atom. The van der Waals surface area contributed by atoms with E-state index in [0.717, 1.165) is 23.8 Å². The van der Waals surface area contributed by atoms with Crippen LogP contribution in [0.5, 0.6) is 5.75 Å². The quantitative estimate of drug-likeness (QED) is 0.917. The summed E-state index contributed by atoms with van der Waals surface area (Å²) in [5.74, 6) is 0.523. The number of nitrogens with zero attached hydrogens (tertiary/aromatic N) is 1. The first-order valence-corrected chi connectivity index (χ1v) is 7.61. The average Bonchev–Trinajstić information content (AvgIpc) is 3.28. The van der Waals surface area contributed by atoms with Gasteiger partial charge in [0, 0.05) is 24.0 Å². The van der Waals surface area contributed by atoms with Gasteiger partial charge in [-0.15, -0.1) is 0 Å². The van der Waals surface area contributed by atoms with E-state index in [1.807, 2.05) is 13.0 Å². The Balaban J connectivity index is 1.79. The van der Waals surface area contributed by atoms with E-state index in [2.05, 4.69) is 5.32 Å². The minimum Gasteiger partial charge on any atom is -0.497 e. The summed E-state index contributed by atoms with van der Waals surface area (Å²) in [5.41, 5.74) is 1.38. The van der Waals surface area contributed by atoms with Crippen LogP contribution in [0.4, 0.5) is 0 Å². The Labute approximate surface area is 134 Å². The number of likely N-dealkylation sites (N-methyl/N-ethyl adjacent to an activating group) is 1. The summed E-state index contributed by atoms with van der Waals surface area (Å²) in [6.07, 6.45) is 2.04. The van der Waals surface area contributed by atoms with E-state index in [1.54, 1.807) is 26.3 Å². The lowest BCUT2D eigenvalue weighted by molar-refractivity contribution is -0.121. The number of carbonyl (C=O) groups is 2. The summed E-state index contributed by atoms with van der Waals surface area (Å²) in [6, 6.07) is 5.68. The minimum atomic E-state index is -0.302. The number of hydrogen-bond acceptors (Lipinski definition) is 4. The van der Waals surface area contributed by atoms with Gasteiger partial charge >= 0.3 is 0 Å². The smallest absolute Gasteiger partial charge is 0.290 e. The standard InChI is InChI=1S/C17H20N2O4/c1-10-13-8-12(22-3)6-7-14(13)23-16(10)17(21)19(2)9-15(20)18-11-4-5-11/h6-8,11H,4-5,9H2,1-3H3,(H,18,20). The molecule has 6 nitrogen and oxygen atoms in total. The molecular weight excluding hydrogens is 296 g/mol. The summed E-state index contributed by atoms with van der Waals surface area (Å²) in [6.45, 7) is 1.85. The molecule has 1 aliphatic rings. The van der Waals surface area contributed by atoms with Crippen LogP contribution >= 0.6 is 0 Å². The maximum absolute atomic E-state index is 12.5. The molecule has 0 atom stereocenters. The third-order valence-corrected chi connectivity index (χ3v) is 4.01. The molecule has 0 bridgehead atoms. The van der Waals surface area contributed by atoms with Crippen LogP contribution < -0.4 is 10.1 Å². The van der Waals surface area contributed by atoms with Crippen LogP contribution in [0, 0.1) is 6.92 Å². The van der Waals surface area contributed by atoms with E-state index in [9.17, 15) is 9.59 Å². The average molecular weight is 316 g/mol. The zero-order valence-corrected chi connectivity index (χ0v) is 13.5. The van der Waals surface area contributed by atoms with Gasteiger partial charge in [-0.1, -0.05) is 0 Å². The summed E-state index contributed by atoms with van der Waals surface area (Å²) in [7, 11) is 3.19. The predicted molar refractivity (Wildman–Crippen MR) is 85.6 cm³/mol. The molecule has 122 valence electrons. The Morgan fingerprint density at radius 1 is 1.39 bits per heavy atom. The number of hydrogen-bond donors (Lipinski definition) is 1. The van der Waals surface area contributed by atoms with Gasteiger partial charge in [0.05, 0.1) is 13.7 Å². The van der Waals surface area contributed by atoms with Crippen molar-refractivity contribution >= 4 is 22.8 Å². The fourth-order valence-corrected chi connectivity index (χ4v) is 2.49. The van der Waals surface area contributed by atoms with Crippen molar-refractivity contribution in [3.05, 3.63) is 29.5 Å². The Morgan fingerprint density at radius 3 is 2.78 bits per heavy atom. The molecule has 0 radical (unpaired) electrons. The van der Waals surface area contributed by atoms with Crippen LogP contribution in [-0.4, -0.2) is 43.5 Å².